The van der Waals surface area contributed by atoms with E-state index in [0.29, 0.717) is 0 Å². The quantitative estimate of drug-likeness (QED) is 0.869. The van der Waals surface area contributed by atoms with Crippen LogP contribution in [0.15, 0.2) is 18.2 Å². The fourth-order valence-corrected chi connectivity index (χ4v) is 3.33. The number of benzene rings is 1. The minimum Gasteiger partial charge on any atom is -0.309 e. The largest absolute Gasteiger partial charge is 0.309 e. The number of hydrogen-bond donors (Lipinski definition) is 1. The maximum atomic E-state index is 13.5. The van der Waals surface area contributed by atoms with E-state index < -0.39 is 0 Å². The summed E-state index contributed by atoms with van der Waals surface area (Å²) in [5.41, 5.74) is 2.82. The highest BCUT2D eigenvalue weighted by Gasteiger charge is 2.15. The van der Waals surface area contributed by atoms with Crippen molar-refractivity contribution >= 4 is 11.3 Å². The second-order valence-electron chi connectivity index (χ2n) is 5.16. The van der Waals surface area contributed by atoms with E-state index >= 15 is 0 Å². The zero-order valence-electron chi connectivity index (χ0n) is 12.5. The highest BCUT2D eigenvalue weighted by molar-refractivity contribution is 7.15. The summed E-state index contributed by atoms with van der Waals surface area (Å²) in [5, 5.41) is 4.37. The van der Waals surface area contributed by atoms with Gasteiger partial charge in [-0.25, -0.2) is 9.37 Å². The second-order valence-corrected chi connectivity index (χ2v) is 6.19. The highest BCUT2D eigenvalue weighted by Crippen LogP contribution is 2.32. The molecule has 0 spiro atoms. The topological polar surface area (TPSA) is 24.9 Å². The minimum absolute atomic E-state index is 0.202. The Morgan fingerprint density at radius 3 is 2.70 bits per heavy atom. The molecule has 0 aliphatic carbocycles. The van der Waals surface area contributed by atoms with E-state index in [0.717, 1.165) is 34.8 Å². The predicted molar refractivity (Wildman–Crippen MR) is 83.7 cm³/mol. The van der Waals surface area contributed by atoms with E-state index in [9.17, 15) is 4.39 Å². The van der Waals surface area contributed by atoms with Crippen LogP contribution in [-0.4, -0.2) is 11.5 Å². The first-order chi connectivity index (χ1) is 9.51. The lowest BCUT2D eigenvalue weighted by molar-refractivity contribution is 0.575. The van der Waals surface area contributed by atoms with Crippen LogP contribution < -0.4 is 5.32 Å². The number of rotatable bonds is 5. The molecule has 1 N–H and O–H groups in total. The van der Waals surface area contributed by atoms with Gasteiger partial charge in [0.25, 0.3) is 0 Å². The Morgan fingerprint density at radius 2 is 2.05 bits per heavy atom. The lowest BCUT2D eigenvalue weighted by atomic mass is 10.1. The molecule has 0 fully saturated rings. The van der Waals surface area contributed by atoms with Crippen molar-refractivity contribution in [3.8, 4) is 10.6 Å². The summed E-state index contributed by atoms with van der Waals surface area (Å²) < 4.78 is 13.5. The van der Waals surface area contributed by atoms with Crippen LogP contribution in [0.5, 0.6) is 0 Å². The molecular weight excluding hydrogens is 271 g/mol. The molecule has 2 rings (SSSR count). The fourth-order valence-electron chi connectivity index (χ4n) is 2.25. The number of aryl methyl sites for hydroxylation is 2. The van der Waals surface area contributed by atoms with Crippen molar-refractivity contribution in [2.24, 2.45) is 0 Å². The minimum atomic E-state index is -0.202. The molecule has 0 amide bonds. The molecule has 4 heteroatoms. The standard InChI is InChI=1S/C16H21FN2S/c1-5-6-18-11(3)15-12(4)19-16(20-15)13-7-10(2)8-14(17)9-13/h7-9,11,18H,5-6H2,1-4H3. The maximum absolute atomic E-state index is 13.5. The normalized spacial score (nSPS) is 12.7. The SMILES string of the molecule is CCCNC(C)c1sc(-c2cc(C)cc(F)c2)nc1C. The number of nitrogens with one attached hydrogen (secondary N) is 1. The van der Waals surface area contributed by atoms with Gasteiger partial charge in [0.2, 0.25) is 0 Å². The van der Waals surface area contributed by atoms with E-state index in [1.165, 1.54) is 10.9 Å². The van der Waals surface area contributed by atoms with E-state index in [1.54, 1.807) is 17.4 Å². The third-order valence-corrected chi connectivity index (χ3v) is 4.60. The summed E-state index contributed by atoms with van der Waals surface area (Å²) in [4.78, 5) is 5.84. The van der Waals surface area contributed by atoms with Gasteiger partial charge >= 0.3 is 0 Å². The summed E-state index contributed by atoms with van der Waals surface area (Å²) in [6.07, 6.45) is 1.11. The Labute approximate surface area is 124 Å². The molecule has 0 saturated carbocycles. The van der Waals surface area contributed by atoms with Crippen LogP contribution in [0.25, 0.3) is 10.6 Å². The van der Waals surface area contributed by atoms with Crippen LogP contribution in [0, 0.1) is 19.7 Å². The highest BCUT2D eigenvalue weighted by atomic mass is 32.1. The average Bonchev–Trinajstić information content (AvgIpc) is 2.77. The maximum Gasteiger partial charge on any atom is 0.124 e. The molecule has 1 heterocycles. The second kappa shape index (κ2) is 6.46. The number of thiazole rings is 1. The molecule has 0 aliphatic heterocycles. The summed E-state index contributed by atoms with van der Waals surface area (Å²) in [6, 6.07) is 5.36. The zero-order valence-corrected chi connectivity index (χ0v) is 13.3. The Morgan fingerprint density at radius 1 is 1.30 bits per heavy atom. The molecule has 1 atom stereocenters. The van der Waals surface area contributed by atoms with E-state index in [-0.39, 0.29) is 11.9 Å². The lowest BCUT2D eigenvalue weighted by Gasteiger charge is -2.11. The van der Waals surface area contributed by atoms with Gasteiger partial charge in [0, 0.05) is 16.5 Å². The molecule has 20 heavy (non-hydrogen) atoms. The molecule has 0 aliphatic rings. The summed E-state index contributed by atoms with van der Waals surface area (Å²) in [5.74, 6) is -0.202. The Hall–Kier alpha value is -1.26. The van der Waals surface area contributed by atoms with Crippen LogP contribution in [0.3, 0.4) is 0 Å². The Bertz CT molecular complexity index is 572. The molecule has 1 aromatic heterocycles. The van der Waals surface area contributed by atoms with Crippen molar-refractivity contribution in [2.45, 2.75) is 40.2 Å². The molecule has 2 aromatic rings. The molecule has 0 radical (unpaired) electrons. The van der Waals surface area contributed by atoms with Gasteiger partial charge in [-0.15, -0.1) is 11.3 Å². The molecule has 0 bridgehead atoms. The third kappa shape index (κ3) is 3.44. The van der Waals surface area contributed by atoms with Crippen LogP contribution in [0.1, 0.15) is 42.4 Å². The third-order valence-electron chi connectivity index (χ3n) is 3.22. The van der Waals surface area contributed by atoms with Crippen LogP contribution >= 0.6 is 11.3 Å². The van der Waals surface area contributed by atoms with Gasteiger partial charge < -0.3 is 5.32 Å². The van der Waals surface area contributed by atoms with Gasteiger partial charge in [-0.2, -0.15) is 0 Å². The van der Waals surface area contributed by atoms with Gasteiger partial charge in [-0.1, -0.05) is 6.92 Å². The van der Waals surface area contributed by atoms with E-state index in [1.807, 2.05) is 19.9 Å². The van der Waals surface area contributed by atoms with Gasteiger partial charge in [0.15, 0.2) is 0 Å². The van der Waals surface area contributed by atoms with E-state index in [4.69, 9.17) is 0 Å². The van der Waals surface area contributed by atoms with Gasteiger partial charge in [-0.05, 0) is 57.5 Å². The monoisotopic (exact) mass is 292 g/mol. The molecule has 0 saturated heterocycles. The van der Waals surface area contributed by atoms with Crippen molar-refractivity contribution < 1.29 is 4.39 Å². The smallest absolute Gasteiger partial charge is 0.124 e. The fraction of sp³-hybridized carbons (Fsp3) is 0.438. The first-order valence-corrected chi connectivity index (χ1v) is 7.81. The lowest BCUT2D eigenvalue weighted by Crippen LogP contribution is -2.18. The van der Waals surface area contributed by atoms with Gasteiger partial charge in [-0.3, -0.25) is 0 Å². The molecule has 1 unspecified atom stereocenters. The molecular formula is C16H21FN2S. The van der Waals surface area contributed by atoms with Gasteiger partial charge in [0.1, 0.15) is 10.8 Å². The van der Waals surface area contributed by atoms with Gasteiger partial charge in [0.05, 0.1) is 5.69 Å². The van der Waals surface area contributed by atoms with Crippen molar-refractivity contribution in [3.05, 3.63) is 40.2 Å². The summed E-state index contributed by atoms with van der Waals surface area (Å²) in [7, 11) is 0. The molecule has 2 nitrogen and oxygen atoms in total. The molecule has 108 valence electrons. The van der Waals surface area contributed by atoms with Crippen LogP contribution in [0.2, 0.25) is 0 Å². The zero-order chi connectivity index (χ0) is 14.7. The van der Waals surface area contributed by atoms with Crippen molar-refractivity contribution in [1.82, 2.24) is 10.3 Å². The van der Waals surface area contributed by atoms with Crippen molar-refractivity contribution in [1.29, 1.82) is 0 Å². The number of hydrogen-bond acceptors (Lipinski definition) is 3. The average molecular weight is 292 g/mol. The van der Waals surface area contributed by atoms with Crippen molar-refractivity contribution in [3.63, 3.8) is 0 Å². The summed E-state index contributed by atoms with van der Waals surface area (Å²) in [6.45, 7) is 9.22. The Kier molecular flexibility index (Phi) is 4.89. The van der Waals surface area contributed by atoms with E-state index in [2.05, 4.69) is 24.1 Å². The van der Waals surface area contributed by atoms with Crippen LogP contribution in [-0.2, 0) is 0 Å². The first kappa shape index (κ1) is 15.1. The van der Waals surface area contributed by atoms with Crippen LogP contribution in [0.4, 0.5) is 4.39 Å². The number of aromatic nitrogens is 1. The van der Waals surface area contributed by atoms with Crippen molar-refractivity contribution in [2.75, 3.05) is 6.54 Å². The first-order valence-electron chi connectivity index (χ1n) is 6.99. The predicted octanol–water partition coefficient (Wildman–Crippen LogP) is 4.63. The summed E-state index contributed by atoms with van der Waals surface area (Å²) >= 11 is 1.65. The Balaban J connectivity index is 2.30. The number of halogens is 1. The molecule has 1 aromatic carbocycles. The number of nitrogens with zero attached hydrogens (tertiary/aromatic N) is 1.